The zero-order chi connectivity index (χ0) is 34.2. The van der Waals surface area contributed by atoms with E-state index in [2.05, 4.69) is 52.7 Å². The summed E-state index contributed by atoms with van der Waals surface area (Å²) in [6.45, 7) is 9.56. The lowest BCUT2D eigenvalue weighted by Gasteiger charge is -2.29. The summed E-state index contributed by atoms with van der Waals surface area (Å²) in [5.74, 6) is 0.426. The second-order valence-corrected chi connectivity index (χ2v) is 15.8. The van der Waals surface area contributed by atoms with Gasteiger partial charge in [-0.15, -0.1) is 0 Å². The van der Waals surface area contributed by atoms with Crippen molar-refractivity contribution in [3.8, 4) is 0 Å². The van der Waals surface area contributed by atoms with E-state index >= 15 is 0 Å². The fourth-order valence-corrected chi connectivity index (χ4v) is 6.51. The van der Waals surface area contributed by atoms with E-state index in [9.17, 15) is 9.59 Å². The lowest BCUT2D eigenvalue weighted by Crippen LogP contribution is -3.00. The number of carbonyl (C=O) groups is 2. The normalized spacial score (nSPS) is 11.5. The molecule has 0 aromatic heterocycles. The minimum absolute atomic E-state index is 0. The molecule has 2 amide bonds. The molecule has 0 aromatic carbocycles. The van der Waals surface area contributed by atoms with Gasteiger partial charge in [0.25, 0.3) is 11.8 Å². The quantitative estimate of drug-likeness (QED) is 0.0761. The van der Waals surface area contributed by atoms with Crippen molar-refractivity contribution in [3.63, 3.8) is 0 Å². The van der Waals surface area contributed by atoms with Gasteiger partial charge in [0.05, 0.1) is 41.3 Å². The van der Waals surface area contributed by atoms with Gasteiger partial charge in [0, 0.05) is 13.1 Å². The van der Waals surface area contributed by atoms with Gasteiger partial charge in [0.1, 0.15) is 0 Å². The van der Waals surface area contributed by atoms with Crippen molar-refractivity contribution >= 4 is 11.8 Å². The second-order valence-electron chi connectivity index (χ2n) is 15.8. The number of amides is 2. The molecule has 0 spiro atoms. The predicted molar refractivity (Wildman–Crippen MR) is 201 cm³/mol. The molecular formula is C40H84Br2N4O2. The van der Waals surface area contributed by atoms with Crippen molar-refractivity contribution in [1.29, 1.82) is 0 Å². The lowest BCUT2D eigenvalue weighted by atomic mass is 10.1. The molecule has 6 nitrogen and oxygen atoms in total. The molecule has 0 atom stereocenters. The van der Waals surface area contributed by atoms with Gasteiger partial charge < -0.3 is 53.6 Å². The molecule has 8 heteroatoms. The van der Waals surface area contributed by atoms with Gasteiger partial charge in [-0.25, -0.2) is 0 Å². The molecule has 0 radical (unpaired) electrons. The molecule has 0 heterocycles. The van der Waals surface area contributed by atoms with E-state index in [1.807, 2.05) is 0 Å². The van der Waals surface area contributed by atoms with Crippen LogP contribution in [0.1, 0.15) is 181 Å². The molecule has 0 aromatic rings. The van der Waals surface area contributed by atoms with Gasteiger partial charge in [-0.2, -0.15) is 0 Å². The van der Waals surface area contributed by atoms with Crippen molar-refractivity contribution in [3.05, 3.63) is 0 Å². The fourth-order valence-electron chi connectivity index (χ4n) is 6.51. The molecule has 0 aliphatic heterocycles. The molecule has 0 bridgehead atoms. The second kappa shape index (κ2) is 36.6. The molecule has 0 aliphatic rings. The van der Waals surface area contributed by atoms with Crippen molar-refractivity contribution in [2.24, 2.45) is 0 Å². The molecule has 0 unspecified atom stereocenters. The first-order valence-corrected chi connectivity index (χ1v) is 20.3. The first kappa shape index (κ1) is 52.2. The number of unbranched alkanes of at least 4 members (excludes halogenated alkanes) is 23. The van der Waals surface area contributed by atoms with E-state index < -0.39 is 0 Å². The fraction of sp³-hybridized carbons (Fsp3) is 0.950. The van der Waals surface area contributed by atoms with Crippen molar-refractivity contribution in [1.82, 2.24) is 10.6 Å². The van der Waals surface area contributed by atoms with Crippen LogP contribution < -0.4 is 44.6 Å². The van der Waals surface area contributed by atoms with Gasteiger partial charge >= 0.3 is 0 Å². The minimum Gasteiger partial charge on any atom is -1.00 e. The number of hydrogen-bond donors (Lipinski definition) is 2. The van der Waals surface area contributed by atoms with Gasteiger partial charge in [0.15, 0.2) is 13.1 Å². The number of quaternary nitrogens is 2. The van der Waals surface area contributed by atoms with Gasteiger partial charge in [-0.05, 0) is 38.5 Å². The Morgan fingerprint density at radius 1 is 0.375 bits per heavy atom. The van der Waals surface area contributed by atoms with E-state index in [1.165, 1.54) is 154 Å². The SMILES string of the molecule is CCCCCCCCCCNC(=O)C[N+](C)(C)CCCCCCCCCCCC[N+](C)(C)CC(=O)NCCCCCCCCCC.[Br-].[Br-]. The highest BCUT2D eigenvalue weighted by atomic mass is 79.9. The molecule has 0 saturated carbocycles. The van der Waals surface area contributed by atoms with Crippen LogP contribution in [0, 0.1) is 0 Å². The van der Waals surface area contributed by atoms with E-state index in [1.54, 1.807) is 0 Å². The largest absolute Gasteiger partial charge is 1.00 e. The van der Waals surface area contributed by atoms with Crippen molar-refractivity contribution in [2.75, 3.05) is 67.5 Å². The summed E-state index contributed by atoms with van der Waals surface area (Å²) in [6, 6.07) is 0. The third-order valence-corrected chi connectivity index (χ3v) is 9.63. The zero-order valence-electron chi connectivity index (χ0n) is 33.1. The maximum absolute atomic E-state index is 12.4. The van der Waals surface area contributed by atoms with Crippen LogP contribution >= 0.6 is 0 Å². The van der Waals surface area contributed by atoms with E-state index in [0.29, 0.717) is 13.1 Å². The van der Waals surface area contributed by atoms with Crippen molar-refractivity contribution in [2.45, 2.75) is 181 Å². The third kappa shape index (κ3) is 38.6. The predicted octanol–water partition coefficient (Wildman–Crippen LogP) is 3.56. The number of likely N-dealkylation sites (N-methyl/N-ethyl adjacent to an activating group) is 2. The Morgan fingerprint density at radius 3 is 0.875 bits per heavy atom. The molecule has 0 rings (SSSR count). The molecule has 0 fully saturated rings. The van der Waals surface area contributed by atoms with Crippen LogP contribution in [0.15, 0.2) is 0 Å². The van der Waals surface area contributed by atoms with Crippen LogP contribution in [0.3, 0.4) is 0 Å². The molecule has 0 aliphatic carbocycles. The van der Waals surface area contributed by atoms with Crippen LogP contribution in [0.5, 0.6) is 0 Å². The molecule has 0 saturated heterocycles. The molecule has 290 valence electrons. The Bertz CT molecular complexity index is 649. The molecule has 48 heavy (non-hydrogen) atoms. The Hall–Kier alpha value is -0.180. The highest BCUT2D eigenvalue weighted by Crippen LogP contribution is 2.13. The number of halogens is 2. The Kier molecular flexibility index (Phi) is 39.8. The standard InChI is InChI=1S/C40H82N4O2.2BrH/c1-7-9-11-13-15-21-25-29-33-41-39(45)37-43(3,4)35-31-27-23-19-17-18-20-24-28-32-36-44(5,6)38-40(46)42-34-30-26-22-16-14-12-10-8-2;;/h7-38H2,1-6H3;2*1H. The third-order valence-electron chi connectivity index (χ3n) is 9.63. The maximum Gasteiger partial charge on any atom is 0.275 e. The van der Waals surface area contributed by atoms with Crippen LogP contribution in [0.2, 0.25) is 0 Å². The first-order chi connectivity index (χ1) is 22.1. The Morgan fingerprint density at radius 2 is 0.604 bits per heavy atom. The zero-order valence-corrected chi connectivity index (χ0v) is 36.3. The van der Waals surface area contributed by atoms with Crippen LogP contribution in [-0.4, -0.2) is 88.2 Å². The lowest BCUT2D eigenvalue weighted by molar-refractivity contribution is -0.882. The van der Waals surface area contributed by atoms with Crippen LogP contribution in [-0.2, 0) is 9.59 Å². The van der Waals surface area contributed by atoms with Gasteiger partial charge in [-0.3, -0.25) is 9.59 Å². The summed E-state index contributed by atoms with van der Waals surface area (Å²) < 4.78 is 1.59. The highest BCUT2D eigenvalue weighted by Gasteiger charge is 2.20. The smallest absolute Gasteiger partial charge is 0.275 e. The molecule has 2 N–H and O–H groups in total. The summed E-state index contributed by atoms with van der Waals surface area (Å²) in [7, 11) is 8.79. The topological polar surface area (TPSA) is 58.2 Å². The summed E-state index contributed by atoms with van der Waals surface area (Å²) in [6.07, 6.45) is 33.9. The summed E-state index contributed by atoms with van der Waals surface area (Å²) >= 11 is 0. The van der Waals surface area contributed by atoms with E-state index in [4.69, 9.17) is 0 Å². The first-order valence-electron chi connectivity index (χ1n) is 20.3. The Labute approximate surface area is 321 Å². The number of rotatable bonds is 35. The average molecular weight is 813 g/mol. The summed E-state index contributed by atoms with van der Waals surface area (Å²) in [5.41, 5.74) is 0. The van der Waals surface area contributed by atoms with Crippen LogP contribution in [0.25, 0.3) is 0 Å². The molecular weight excluding hydrogens is 728 g/mol. The average Bonchev–Trinajstić information content (AvgIpc) is 2.99. The monoisotopic (exact) mass is 810 g/mol. The number of nitrogens with zero attached hydrogens (tertiary/aromatic N) is 2. The summed E-state index contributed by atoms with van der Waals surface area (Å²) in [4.78, 5) is 24.8. The number of carbonyl (C=O) groups excluding carboxylic acids is 2. The van der Waals surface area contributed by atoms with E-state index in [-0.39, 0.29) is 45.8 Å². The minimum atomic E-state index is 0. The van der Waals surface area contributed by atoms with E-state index in [0.717, 1.165) is 48.0 Å². The summed E-state index contributed by atoms with van der Waals surface area (Å²) in [5, 5.41) is 6.31. The Balaban J connectivity index is -0.0000101. The van der Waals surface area contributed by atoms with Crippen molar-refractivity contribution < 1.29 is 52.5 Å². The highest BCUT2D eigenvalue weighted by molar-refractivity contribution is 5.77. The number of nitrogens with one attached hydrogen (secondary N) is 2. The number of hydrogen-bond acceptors (Lipinski definition) is 2. The van der Waals surface area contributed by atoms with Gasteiger partial charge in [0.2, 0.25) is 0 Å². The maximum atomic E-state index is 12.4. The van der Waals surface area contributed by atoms with Crippen LogP contribution in [0.4, 0.5) is 0 Å². The van der Waals surface area contributed by atoms with Gasteiger partial charge in [-0.1, -0.05) is 142 Å².